The lowest BCUT2D eigenvalue weighted by Gasteiger charge is -2.24. The minimum Gasteiger partial charge on any atom is -0.444 e. The van der Waals surface area contributed by atoms with Gasteiger partial charge in [0.15, 0.2) is 0 Å². The number of likely N-dealkylation sites (tertiary alicyclic amines) is 1. The van der Waals surface area contributed by atoms with Crippen molar-refractivity contribution in [1.29, 1.82) is 0 Å². The molecule has 0 unspecified atom stereocenters. The van der Waals surface area contributed by atoms with Crippen molar-refractivity contribution in [2.24, 2.45) is 0 Å². The van der Waals surface area contributed by atoms with Gasteiger partial charge in [-0.1, -0.05) is 0 Å². The number of carbonyl (C=O) groups is 2. The van der Waals surface area contributed by atoms with Crippen molar-refractivity contribution in [3.05, 3.63) is 11.8 Å². The van der Waals surface area contributed by atoms with Gasteiger partial charge in [-0.05, 0) is 44.8 Å². The molecule has 116 valence electrons. The molecule has 2 amide bonds. The molecule has 1 saturated heterocycles. The molecule has 0 aromatic carbocycles. The van der Waals surface area contributed by atoms with Crippen LogP contribution in [-0.2, 0) is 9.53 Å². The second-order valence-corrected chi connectivity index (χ2v) is 7.01. The summed E-state index contributed by atoms with van der Waals surface area (Å²) in [5.74, 6) is 0.100. The fourth-order valence-corrected chi connectivity index (χ4v) is 2.98. The molecule has 1 N–H and O–H groups in total. The smallest absolute Gasteiger partial charge is 0.410 e. The Morgan fingerprint density at radius 3 is 2.81 bits per heavy atom. The SMILES string of the molecule is CC(=O)Nc1cc([C@H]2CCN(C(=O)OC(C)(C)C)C2)ns1. The molecule has 7 heteroatoms. The van der Waals surface area contributed by atoms with Crippen LogP contribution in [0.15, 0.2) is 6.07 Å². The summed E-state index contributed by atoms with van der Waals surface area (Å²) in [4.78, 5) is 24.7. The largest absolute Gasteiger partial charge is 0.444 e. The van der Waals surface area contributed by atoms with Gasteiger partial charge in [0, 0.05) is 25.9 Å². The van der Waals surface area contributed by atoms with Crippen LogP contribution < -0.4 is 5.32 Å². The van der Waals surface area contributed by atoms with Crippen LogP contribution in [0, 0.1) is 0 Å². The molecule has 1 atom stereocenters. The molecule has 2 heterocycles. The zero-order valence-electron chi connectivity index (χ0n) is 12.8. The number of hydrogen-bond acceptors (Lipinski definition) is 5. The predicted octanol–water partition coefficient (Wildman–Crippen LogP) is 2.83. The molecule has 0 spiro atoms. The highest BCUT2D eigenvalue weighted by Gasteiger charge is 2.31. The fourth-order valence-electron chi connectivity index (χ4n) is 2.21. The molecular formula is C14H21N3O3S. The summed E-state index contributed by atoms with van der Waals surface area (Å²) < 4.78 is 9.74. The van der Waals surface area contributed by atoms with Crippen molar-refractivity contribution >= 4 is 28.5 Å². The number of carbonyl (C=O) groups excluding carboxylic acids is 2. The van der Waals surface area contributed by atoms with E-state index in [1.165, 1.54) is 18.5 Å². The number of nitrogens with one attached hydrogen (secondary N) is 1. The molecular weight excluding hydrogens is 290 g/mol. The van der Waals surface area contributed by atoms with Gasteiger partial charge in [0.2, 0.25) is 5.91 Å². The molecule has 21 heavy (non-hydrogen) atoms. The zero-order chi connectivity index (χ0) is 15.6. The molecule has 1 fully saturated rings. The topological polar surface area (TPSA) is 71.5 Å². The lowest BCUT2D eigenvalue weighted by Crippen LogP contribution is -2.35. The van der Waals surface area contributed by atoms with Crippen LogP contribution in [0.3, 0.4) is 0 Å². The number of nitrogens with zero attached hydrogens (tertiary/aromatic N) is 2. The summed E-state index contributed by atoms with van der Waals surface area (Å²) in [5, 5.41) is 3.47. The average molecular weight is 311 g/mol. The maximum Gasteiger partial charge on any atom is 0.410 e. The number of aromatic nitrogens is 1. The third-order valence-electron chi connectivity index (χ3n) is 3.09. The lowest BCUT2D eigenvalue weighted by atomic mass is 10.1. The second kappa shape index (κ2) is 6.01. The molecule has 1 aromatic heterocycles. The van der Waals surface area contributed by atoms with E-state index in [1.807, 2.05) is 26.8 Å². The van der Waals surface area contributed by atoms with Crippen LogP contribution in [0.1, 0.15) is 45.7 Å². The Hall–Kier alpha value is -1.63. The van der Waals surface area contributed by atoms with Crippen LogP contribution in [0.2, 0.25) is 0 Å². The minimum atomic E-state index is -0.478. The summed E-state index contributed by atoms with van der Waals surface area (Å²) in [6, 6.07) is 1.88. The molecule has 0 bridgehead atoms. The molecule has 1 aromatic rings. The molecule has 1 aliphatic heterocycles. The Bertz CT molecular complexity index is 536. The van der Waals surface area contributed by atoms with Crippen molar-refractivity contribution in [3.8, 4) is 0 Å². The molecule has 1 aliphatic rings. The van der Waals surface area contributed by atoms with Crippen molar-refractivity contribution in [1.82, 2.24) is 9.27 Å². The Kier molecular flexibility index (Phi) is 4.51. The van der Waals surface area contributed by atoms with Gasteiger partial charge in [0.1, 0.15) is 10.6 Å². The first kappa shape index (κ1) is 15.8. The van der Waals surface area contributed by atoms with E-state index < -0.39 is 5.60 Å². The van der Waals surface area contributed by atoms with Crippen LogP contribution in [0.5, 0.6) is 0 Å². The number of amides is 2. The maximum absolute atomic E-state index is 12.0. The highest BCUT2D eigenvalue weighted by atomic mass is 32.1. The van der Waals surface area contributed by atoms with Crippen molar-refractivity contribution < 1.29 is 14.3 Å². The number of anilines is 1. The highest BCUT2D eigenvalue weighted by molar-refractivity contribution is 7.10. The standard InChI is InChI=1S/C14H21N3O3S/c1-9(18)15-12-7-11(16-21-12)10-5-6-17(8-10)13(19)20-14(2,3)4/h7,10H,5-6,8H2,1-4H3,(H,15,18)/t10-/m0/s1. The van der Waals surface area contributed by atoms with E-state index >= 15 is 0 Å². The zero-order valence-corrected chi connectivity index (χ0v) is 13.6. The minimum absolute atomic E-state index is 0.105. The summed E-state index contributed by atoms with van der Waals surface area (Å²) >= 11 is 1.27. The van der Waals surface area contributed by atoms with Gasteiger partial charge in [0.25, 0.3) is 0 Å². The van der Waals surface area contributed by atoms with Crippen molar-refractivity contribution in [3.63, 3.8) is 0 Å². The Morgan fingerprint density at radius 2 is 2.19 bits per heavy atom. The van der Waals surface area contributed by atoms with E-state index in [4.69, 9.17) is 4.74 Å². The average Bonchev–Trinajstić information content (AvgIpc) is 2.93. The quantitative estimate of drug-likeness (QED) is 0.911. The van der Waals surface area contributed by atoms with Crippen molar-refractivity contribution in [2.75, 3.05) is 18.4 Å². The number of hydrogen-bond donors (Lipinski definition) is 1. The van der Waals surface area contributed by atoms with Gasteiger partial charge in [-0.25, -0.2) is 4.79 Å². The first-order chi connectivity index (χ1) is 9.74. The van der Waals surface area contributed by atoms with Crippen LogP contribution in [0.25, 0.3) is 0 Å². The van der Waals surface area contributed by atoms with E-state index in [0.717, 1.165) is 17.1 Å². The summed E-state index contributed by atoms with van der Waals surface area (Å²) in [7, 11) is 0. The molecule has 0 saturated carbocycles. The molecule has 0 aliphatic carbocycles. The Labute approximate surface area is 128 Å². The monoisotopic (exact) mass is 311 g/mol. The van der Waals surface area contributed by atoms with Gasteiger partial charge < -0.3 is 15.0 Å². The van der Waals surface area contributed by atoms with E-state index in [2.05, 4.69) is 9.69 Å². The highest BCUT2D eigenvalue weighted by Crippen LogP contribution is 2.30. The van der Waals surface area contributed by atoms with Crippen LogP contribution >= 0.6 is 11.5 Å². The third-order valence-corrected chi connectivity index (χ3v) is 3.80. The maximum atomic E-state index is 12.0. The second-order valence-electron chi connectivity index (χ2n) is 6.21. The van der Waals surface area contributed by atoms with E-state index in [1.54, 1.807) is 4.90 Å². The lowest BCUT2D eigenvalue weighted by molar-refractivity contribution is -0.114. The first-order valence-electron chi connectivity index (χ1n) is 6.97. The van der Waals surface area contributed by atoms with Crippen molar-refractivity contribution in [2.45, 2.75) is 45.6 Å². The van der Waals surface area contributed by atoms with Gasteiger partial charge in [-0.3, -0.25) is 4.79 Å². The first-order valence-corrected chi connectivity index (χ1v) is 7.74. The molecule has 2 rings (SSSR count). The third kappa shape index (κ3) is 4.42. The van der Waals surface area contributed by atoms with E-state index in [9.17, 15) is 9.59 Å². The van der Waals surface area contributed by atoms with E-state index in [-0.39, 0.29) is 17.9 Å². The normalized spacial score (nSPS) is 18.7. The van der Waals surface area contributed by atoms with Gasteiger partial charge >= 0.3 is 6.09 Å². The number of rotatable bonds is 2. The summed E-state index contributed by atoms with van der Waals surface area (Å²) in [6.45, 7) is 8.33. The summed E-state index contributed by atoms with van der Waals surface area (Å²) in [6.07, 6.45) is 0.588. The Balaban J connectivity index is 1.94. The fraction of sp³-hybridized carbons (Fsp3) is 0.643. The van der Waals surface area contributed by atoms with Gasteiger partial charge in [-0.2, -0.15) is 4.37 Å². The van der Waals surface area contributed by atoms with Gasteiger partial charge in [-0.15, -0.1) is 0 Å². The molecule has 0 radical (unpaired) electrons. The summed E-state index contributed by atoms with van der Waals surface area (Å²) in [5.41, 5.74) is 0.448. The predicted molar refractivity (Wildman–Crippen MR) is 81.6 cm³/mol. The van der Waals surface area contributed by atoms with Crippen LogP contribution in [-0.4, -0.2) is 40.0 Å². The molecule has 6 nitrogen and oxygen atoms in total. The Morgan fingerprint density at radius 1 is 1.48 bits per heavy atom. The van der Waals surface area contributed by atoms with E-state index in [0.29, 0.717) is 13.1 Å². The van der Waals surface area contributed by atoms with Gasteiger partial charge in [0.05, 0.1) is 5.69 Å². The number of ether oxygens (including phenoxy) is 1. The van der Waals surface area contributed by atoms with Crippen LogP contribution in [0.4, 0.5) is 9.80 Å².